The summed E-state index contributed by atoms with van der Waals surface area (Å²) in [5.74, 6) is -0.233. The predicted octanol–water partition coefficient (Wildman–Crippen LogP) is 7.06. The molecule has 6 nitrogen and oxygen atoms in total. The van der Waals surface area contributed by atoms with Crippen LogP contribution in [0, 0.1) is 5.41 Å². The molecule has 41 heavy (non-hydrogen) atoms. The Morgan fingerprint density at radius 2 is 1.54 bits per heavy atom. The summed E-state index contributed by atoms with van der Waals surface area (Å²) in [5, 5.41) is 3.79. The van der Waals surface area contributed by atoms with E-state index >= 15 is 0 Å². The molecule has 1 spiro atoms. The molecule has 1 atom stereocenters. The Kier molecular flexibility index (Phi) is 7.50. The lowest BCUT2D eigenvalue weighted by atomic mass is 9.71. The number of halogens is 2. The van der Waals surface area contributed by atoms with E-state index in [-0.39, 0.29) is 28.8 Å². The summed E-state index contributed by atoms with van der Waals surface area (Å²) in [4.78, 5) is 35.5. The van der Waals surface area contributed by atoms with Crippen molar-refractivity contribution in [3.05, 3.63) is 93.2 Å². The molecule has 3 aromatic rings. The van der Waals surface area contributed by atoms with Gasteiger partial charge in [-0.3, -0.25) is 14.6 Å². The number of carbonyl (C=O) groups is 2. The van der Waals surface area contributed by atoms with Crippen LogP contribution in [-0.4, -0.2) is 47.9 Å². The van der Waals surface area contributed by atoms with E-state index in [2.05, 4.69) is 47.2 Å². The number of anilines is 1. The van der Waals surface area contributed by atoms with Gasteiger partial charge in [0.25, 0.3) is 11.8 Å². The zero-order valence-corrected chi connectivity index (χ0v) is 25.1. The van der Waals surface area contributed by atoms with E-state index in [9.17, 15) is 9.59 Å². The summed E-state index contributed by atoms with van der Waals surface area (Å²) in [6, 6.07) is 15.0. The second-order valence-corrected chi connectivity index (χ2v) is 13.3. The Balaban J connectivity index is 1.13. The molecule has 1 aromatic heterocycles. The first-order valence-corrected chi connectivity index (χ1v) is 15.3. The summed E-state index contributed by atoms with van der Waals surface area (Å²) in [5.41, 5.74) is 4.53. The summed E-state index contributed by atoms with van der Waals surface area (Å²) in [7, 11) is 0. The first kappa shape index (κ1) is 28.0. The average Bonchev–Trinajstić information content (AvgIpc) is 3.22. The number of hydrogen-bond acceptors (Lipinski definition) is 4. The normalized spacial score (nSPS) is 21.0. The zero-order chi connectivity index (χ0) is 28.8. The lowest BCUT2D eigenvalue weighted by Gasteiger charge is -2.47. The highest BCUT2D eigenvalue weighted by Gasteiger charge is 2.41. The van der Waals surface area contributed by atoms with Gasteiger partial charge in [-0.25, -0.2) is 0 Å². The first-order valence-electron chi connectivity index (χ1n) is 14.5. The molecule has 2 saturated heterocycles. The van der Waals surface area contributed by atoms with E-state index in [0.29, 0.717) is 21.0 Å². The molecule has 1 aliphatic carbocycles. The molecule has 2 aromatic carbocycles. The van der Waals surface area contributed by atoms with Crippen LogP contribution in [0.25, 0.3) is 0 Å². The number of carbonyl (C=O) groups excluding carboxylic acids is 2. The van der Waals surface area contributed by atoms with Gasteiger partial charge in [0.05, 0.1) is 21.7 Å². The minimum Gasteiger partial charge on any atom is -0.371 e. The highest BCUT2D eigenvalue weighted by Crippen LogP contribution is 2.46. The van der Waals surface area contributed by atoms with Gasteiger partial charge in [-0.15, -0.1) is 0 Å². The van der Waals surface area contributed by atoms with Crippen molar-refractivity contribution < 1.29 is 9.59 Å². The number of piperidine rings is 2. The molecule has 2 fully saturated rings. The molecule has 214 valence electrons. The standard InChI is InChI=1S/C33H36Cl2N4O2/c1-32(2)21-28(37-30(40)29-26(34)4-3-5-27(29)35)24-20-22(6-7-25(24)32)31(41)39-18-12-33(13-19-39)10-16-38(17-11-33)23-8-14-36-15-9-23/h3-9,14-15,20,28H,10-13,16-19,21H2,1-2H3,(H,37,40). The van der Waals surface area contributed by atoms with Gasteiger partial charge in [-0.2, -0.15) is 0 Å². The maximum Gasteiger partial charge on any atom is 0.254 e. The van der Waals surface area contributed by atoms with Gasteiger partial charge in [0, 0.05) is 49.8 Å². The summed E-state index contributed by atoms with van der Waals surface area (Å²) in [6.07, 6.45) is 8.83. The third kappa shape index (κ3) is 5.44. The molecule has 0 bridgehead atoms. The van der Waals surface area contributed by atoms with Crippen molar-refractivity contribution in [2.24, 2.45) is 5.41 Å². The quantitative estimate of drug-likeness (QED) is 0.353. The maximum absolute atomic E-state index is 13.7. The summed E-state index contributed by atoms with van der Waals surface area (Å²) >= 11 is 12.6. The van der Waals surface area contributed by atoms with E-state index in [1.165, 1.54) is 5.69 Å². The number of amides is 2. The zero-order valence-electron chi connectivity index (χ0n) is 23.6. The van der Waals surface area contributed by atoms with Gasteiger partial charge < -0.3 is 15.1 Å². The Labute approximate surface area is 252 Å². The Morgan fingerprint density at radius 3 is 2.20 bits per heavy atom. The number of benzene rings is 2. The van der Waals surface area contributed by atoms with Gasteiger partial charge in [0.15, 0.2) is 0 Å². The van der Waals surface area contributed by atoms with Crippen LogP contribution in [0.5, 0.6) is 0 Å². The topological polar surface area (TPSA) is 65.5 Å². The first-order chi connectivity index (χ1) is 19.7. The predicted molar refractivity (Wildman–Crippen MR) is 164 cm³/mol. The third-order valence-electron chi connectivity index (χ3n) is 9.58. The molecule has 2 amide bonds. The molecule has 1 N–H and O–H groups in total. The van der Waals surface area contributed by atoms with Crippen molar-refractivity contribution in [2.75, 3.05) is 31.1 Å². The van der Waals surface area contributed by atoms with Crippen molar-refractivity contribution in [3.8, 4) is 0 Å². The van der Waals surface area contributed by atoms with E-state index in [1.54, 1.807) is 18.2 Å². The minimum absolute atomic E-state index is 0.0702. The number of nitrogens with one attached hydrogen (secondary N) is 1. The fraction of sp³-hybridized carbons (Fsp3) is 0.424. The summed E-state index contributed by atoms with van der Waals surface area (Å²) in [6.45, 7) is 8.00. The Morgan fingerprint density at radius 1 is 0.902 bits per heavy atom. The number of nitrogens with zero attached hydrogens (tertiary/aromatic N) is 3. The van der Waals surface area contributed by atoms with Crippen molar-refractivity contribution in [2.45, 2.75) is 57.4 Å². The van der Waals surface area contributed by atoms with Crippen LogP contribution in [0.3, 0.4) is 0 Å². The molecule has 3 heterocycles. The molecular formula is C33H36Cl2N4O2. The molecule has 0 saturated carbocycles. The van der Waals surface area contributed by atoms with Gasteiger partial charge in [-0.05, 0) is 90.5 Å². The monoisotopic (exact) mass is 590 g/mol. The number of rotatable bonds is 4. The van der Waals surface area contributed by atoms with Gasteiger partial charge in [0.2, 0.25) is 0 Å². The average molecular weight is 592 g/mol. The molecule has 2 aliphatic heterocycles. The van der Waals surface area contributed by atoms with E-state index in [0.717, 1.165) is 69.4 Å². The van der Waals surface area contributed by atoms with E-state index < -0.39 is 0 Å². The van der Waals surface area contributed by atoms with Crippen molar-refractivity contribution in [1.29, 1.82) is 0 Å². The second-order valence-electron chi connectivity index (χ2n) is 12.5. The number of aromatic nitrogens is 1. The smallest absolute Gasteiger partial charge is 0.254 e. The van der Waals surface area contributed by atoms with Crippen LogP contribution in [0.15, 0.2) is 60.9 Å². The molecule has 0 radical (unpaired) electrons. The fourth-order valence-electron chi connectivity index (χ4n) is 7.07. The maximum atomic E-state index is 13.7. The van der Waals surface area contributed by atoms with Crippen LogP contribution in [0.1, 0.15) is 83.8 Å². The van der Waals surface area contributed by atoms with Gasteiger partial charge in [-0.1, -0.05) is 49.2 Å². The van der Waals surface area contributed by atoms with Crippen molar-refractivity contribution in [3.63, 3.8) is 0 Å². The third-order valence-corrected chi connectivity index (χ3v) is 10.2. The molecule has 6 rings (SSSR count). The van der Waals surface area contributed by atoms with Crippen LogP contribution < -0.4 is 10.2 Å². The van der Waals surface area contributed by atoms with Crippen LogP contribution in [0.2, 0.25) is 10.0 Å². The Hall–Kier alpha value is -3.09. The molecule has 1 unspecified atom stereocenters. The van der Waals surface area contributed by atoms with Crippen LogP contribution in [-0.2, 0) is 5.41 Å². The van der Waals surface area contributed by atoms with Crippen molar-refractivity contribution in [1.82, 2.24) is 15.2 Å². The molecule has 3 aliphatic rings. The number of fused-ring (bicyclic) bond motifs is 1. The second kappa shape index (κ2) is 11.0. The van der Waals surface area contributed by atoms with E-state index in [4.69, 9.17) is 23.2 Å². The lowest BCUT2D eigenvalue weighted by Crippen LogP contribution is -2.48. The minimum atomic E-state index is -0.303. The van der Waals surface area contributed by atoms with E-state index in [1.807, 2.05) is 29.4 Å². The van der Waals surface area contributed by atoms with Gasteiger partial charge >= 0.3 is 0 Å². The Bertz CT molecular complexity index is 1440. The highest BCUT2D eigenvalue weighted by atomic mass is 35.5. The fourth-order valence-corrected chi connectivity index (χ4v) is 7.63. The van der Waals surface area contributed by atoms with Crippen molar-refractivity contribution >= 4 is 40.7 Å². The lowest BCUT2D eigenvalue weighted by molar-refractivity contribution is 0.0515. The summed E-state index contributed by atoms with van der Waals surface area (Å²) < 4.78 is 0. The molecule has 8 heteroatoms. The largest absolute Gasteiger partial charge is 0.371 e. The molecular weight excluding hydrogens is 555 g/mol. The number of hydrogen-bond donors (Lipinski definition) is 1. The van der Waals surface area contributed by atoms with Crippen LogP contribution >= 0.6 is 23.2 Å². The SMILES string of the molecule is CC1(C)CC(NC(=O)c2c(Cl)cccc2Cl)c2cc(C(=O)N3CCC4(CC3)CCN(c3ccncc3)CC4)ccc21. The number of pyridine rings is 1. The van der Waals surface area contributed by atoms with Gasteiger partial charge in [0.1, 0.15) is 0 Å². The number of likely N-dealkylation sites (tertiary alicyclic amines) is 1. The van der Waals surface area contributed by atoms with Crippen LogP contribution in [0.4, 0.5) is 5.69 Å². The highest BCUT2D eigenvalue weighted by molar-refractivity contribution is 6.39.